The van der Waals surface area contributed by atoms with Crippen LogP contribution in [0, 0.1) is 0 Å². The number of piperidine rings is 1. The SMILES string of the molecule is Cl.Oc1ccc(ONCCCN2CCCCC2)c(O)c1. The molecule has 0 aliphatic carbocycles. The van der Waals surface area contributed by atoms with Gasteiger partial charge in [-0.25, -0.2) is 0 Å². The summed E-state index contributed by atoms with van der Waals surface area (Å²) in [5.41, 5.74) is 2.83. The Hall–Kier alpha value is -1.17. The van der Waals surface area contributed by atoms with Gasteiger partial charge in [0.1, 0.15) is 5.75 Å². The molecule has 0 bridgehead atoms. The largest absolute Gasteiger partial charge is 0.508 e. The minimum Gasteiger partial charge on any atom is -0.508 e. The number of nitrogens with zero attached hydrogens (tertiary/aromatic N) is 1. The number of hydrogen-bond acceptors (Lipinski definition) is 5. The molecule has 6 heteroatoms. The second-order valence-corrected chi connectivity index (χ2v) is 4.90. The Morgan fingerprint density at radius 1 is 1.15 bits per heavy atom. The predicted molar refractivity (Wildman–Crippen MR) is 80.6 cm³/mol. The van der Waals surface area contributed by atoms with E-state index in [1.165, 1.54) is 50.6 Å². The number of aromatic hydroxyl groups is 2. The van der Waals surface area contributed by atoms with Crippen molar-refractivity contribution in [1.29, 1.82) is 0 Å². The second kappa shape index (κ2) is 8.89. The maximum atomic E-state index is 9.52. The van der Waals surface area contributed by atoms with Crippen LogP contribution < -0.4 is 10.3 Å². The number of hydrogen-bond donors (Lipinski definition) is 3. The van der Waals surface area contributed by atoms with Gasteiger partial charge < -0.3 is 20.0 Å². The van der Waals surface area contributed by atoms with E-state index in [0.717, 1.165) is 19.5 Å². The van der Waals surface area contributed by atoms with E-state index in [0.29, 0.717) is 5.75 Å². The molecular weight excluding hydrogens is 280 g/mol. The first-order chi connectivity index (χ1) is 9.25. The standard InChI is InChI=1S/C14H22N2O3.ClH/c17-12-5-6-14(13(18)11-12)19-15-7-4-10-16-8-2-1-3-9-16;/h5-6,11,15,17-18H,1-4,7-10H2;1H. The van der Waals surface area contributed by atoms with Gasteiger partial charge in [0.25, 0.3) is 0 Å². The van der Waals surface area contributed by atoms with E-state index in [4.69, 9.17) is 9.94 Å². The van der Waals surface area contributed by atoms with Gasteiger partial charge in [-0.3, -0.25) is 0 Å². The summed E-state index contributed by atoms with van der Waals surface area (Å²) in [6, 6.07) is 4.26. The molecule has 20 heavy (non-hydrogen) atoms. The number of phenols is 2. The van der Waals surface area contributed by atoms with E-state index in [-0.39, 0.29) is 23.9 Å². The van der Waals surface area contributed by atoms with Crippen molar-refractivity contribution >= 4 is 12.4 Å². The molecule has 1 heterocycles. The highest BCUT2D eigenvalue weighted by atomic mass is 35.5. The van der Waals surface area contributed by atoms with Crippen molar-refractivity contribution in [2.24, 2.45) is 0 Å². The number of phenolic OH excluding ortho intramolecular Hbond substituents is 2. The summed E-state index contributed by atoms with van der Waals surface area (Å²) in [4.78, 5) is 7.73. The highest BCUT2D eigenvalue weighted by Crippen LogP contribution is 2.28. The lowest BCUT2D eigenvalue weighted by Crippen LogP contribution is -2.32. The van der Waals surface area contributed by atoms with Crippen LogP contribution >= 0.6 is 12.4 Å². The van der Waals surface area contributed by atoms with Gasteiger partial charge >= 0.3 is 0 Å². The number of likely N-dealkylation sites (tertiary alicyclic amines) is 1. The average molecular weight is 303 g/mol. The van der Waals surface area contributed by atoms with Gasteiger partial charge in [-0.15, -0.1) is 12.4 Å². The van der Waals surface area contributed by atoms with E-state index in [9.17, 15) is 5.11 Å². The molecule has 1 aromatic carbocycles. The molecule has 5 nitrogen and oxygen atoms in total. The summed E-state index contributed by atoms with van der Waals surface area (Å²) in [7, 11) is 0. The first-order valence-corrected chi connectivity index (χ1v) is 6.90. The van der Waals surface area contributed by atoms with E-state index in [1.54, 1.807) is 0 Å². The first kappa shape index (κ1) is 16.9. The Bertz CT molecular complexity index is 398. The molecule has 1 fully saturated rings. The molecule has 0 unspecified atom stereocenters. The molecule has 114 valence electrons. The number of nitrogens with one attached hydrogen (secondary N) is 1. The van der Waals surface area contributed by atoms with Crippen LogP contribution in [0.4, 0.5) is 0 Å². The molecule has 1 aliphatic rings. The van der Waals surface area contributed by atoms with Crippen LogP contribution in [0.5, 0.6) is 17.2 Å². The molecule has 0 saturated carbocycles. The molecular formula is C14H23ClN2O3. The van der Waals surface area contributed by atoms with Crippen molar-refractivity contribution < 1.29 is 15.1 Å². The predicted octanol–water partition coefficient (Wildman–Crippen LogP) is 2.28. The van der Waals surface area contributed by atoms with Crippen molar-refractivity contribution in [1.82, 2.24) is 10.4 Å². The van der Waals surface area contributed by atoms with Crippen molar-refractivity contribution in [3.05, 3.63) is 18.2 Å². The van der Waals surface area contributed by atoms with Crippen molar-refractivity contribution in [2.75, 3.05) is 26.2 Å². The number of hydroxylamine groups is 1. The number of rotatable bonds is 6. The molecule has 1 aromatic rings. The highest BCUT2D eigenvalue weighted by molar-refractivity contribution is 5.85. The number of benzene rings is 1. The Kier molecular flexibility index (Phi) is 7.51. The Balaban J connectivity index is 0.00000200. The lowest BCUT2D eigenvalue weighted by Gasteiger charge is -2.26. The average Bonchev–Trinajstić information content (AvgIpc) is 2.42. The van der Waals surface area contributed by atoms with Gasteiger partial charge in [0.2, 0.25) is 0 Å². The third-order valence-electron chi connectivity index (χ3n) is 3.33. The van der Waals surface area contributed by atoms with Gasteiger partial charge in [0, 0.05) is 12.6 Å². The van der Waals surface area contributed by atoms with Crippen molar-refractivity contribution in [3.63, 3.8) is 0 Å². The summed E-state index contributed by atoms with van der Waals surface area (Å²) in [5, 5.41) is 18.7. The molecule has 1 saturated heterocycles. The van der Waals surface area contributed by atoms with E-state index < -0.39 is 0 Å². The minimum atomic E-state index is -0.0662. The molecule has 2 rings (SSSR count). The molecule has 0 radical (unpaired) electrons. The van der Waals surface area contributed by atoms with Crippen LogP contribution in [0.15, 0.2) is 18.2 Å². The molecule has 0 aromatic heterocycles. The zero-order valence-electron chi connectivity index (χ0n) is 11.5. The van der Waals surface area contributed by atoms with E-state index >= 15 is 0 Å². The zero-order valence-corrected chi connectivity index (χ0v) is 12.4. The summed E-state index contributed by atoms with van der Waals surface area (Å²) in [5.74, 6) is 0.286. The molecule has 0 spiro atoms. The second-order valence-electron chi connectivity index (χ2n) is 4.90. The Labute approximate surface area is 125 Å². The quantitative estimate of drug-likeness (QED) is 0.556. The third kappa shape index (κ3) is 5.45. The summed E-state index contributed by atoms with van der Waals surface area (Å²) in [6.07, 6.45) is 4.99. The van der Waals surface area contributed by atoms with Gasteiger partial charge in [-0.1, -0.05) is 6.42 Å². The summed E-state index contributed by atoms with van der Waals surface area (Å²) in [6.45, 7) is 4.23. The van der Waals surface area contributed by atoms with Crippen LogP contribution in [-0.4, -0.2) is 41.3 Å². The van der Waals surface area contributed by atoms with E-state index in [2.05, 4.69) is 10.4 Å². The molecule has 1 aliphatic heterocycles. The van der Waals surface area contributed by atoms with Crippen LogP contribution in [0.2, 0.25) is 0 Å². The lowest BCUT2D eigenvalue weighted by molar-refractivity contribution is 0.171. The van der Waals surface area contributed by atoms with Crippen molar-refractivity contribution in [3.8, 4) is 17.2 Å². The molecule has 0 atom stereocenters. The highest BCUT2D eigenvalue weighted by Gasteiger charge is 2.09. The molecule has 3 N–H and O–H groups in total. The van der Waals surface area contributed by atoms with Gasteiger partial charge in [-0.05, 0) is 51.0 Å². The fraction of sp³-hybridized carbons (Fsp3) is 0.571. The van der Waals surface area contributed by atoms with Gasteiger partial charge in [-0.2, -0.15) is 5.48 Å². The summed E-state index contributed by atoms with van der Waals surface area (Å²) < 4.78 is 0. The van der Waals surface area contributed by atoms with Crippen LogP contribution in [0.3, 0.4) is 0 Å². The van der Waals surface area contributed by atoms with Gasteiger partial charge in [0.15, 0.2) is 11.5 Å². The third-order valence-corrected chi connectivity index (χ3v) is 3.33. The Morgan fingerprint density at radius 3 is 2.60 bits per heavy atom. The maximum absolute atomic E-state index is 9.52. The topological polar surface area (TPSA) is 65.0 Å². The van der Waals surface area contributed by atoms with Crippen LogP contribution in [-0.2, 0) is 0 Å². The van der Waals surface area contributed by atoms with Gasteiger partial charge in [0.05, 0.1) is 0 Å². The number of halogens is 1. The lowest BCUT2D eigenvalue weighted by atomic mass is 10.1. The minimum absolute atomic E-state index is 0. The summed E-state index contributed by atoms with van der Waals surface area (Å²) >= 11 is 0. The fourth-order valence-corrected chi connectivity index (χ4v) is 2.28. The normalized spacial score (nSPS) is 15.6. The van der Waals surface area contributed by atoms with E-state index in [1.807, 2.05) is 0 Å². The van der Waals surface area contributed by atoms with Crippen molar-refractivity contribution in [2.45, 2.75) is 25.7 Å². The monoisotopic (exact) mass is 302 g/mol. The van der Waals surface area contributed by atoms with Crippen LogP contribution in [0.1, 0.15) is 25.7 Å². The fourth-order valence-electron chi connectivity index (χ4n) is 2.28. The smallest absolute Gasteiger partial charge is 0.188 e. The first-order valence-electron chi connectivity index (χ1n) is 6.90. The van der Waals surface area contributed by atoms with Crippen LogP contribution in [0.25, 0.3) is 0 Å². The molecule has 0 amide bonds. The zero-order chi connectivity index (χ0) is 13.5. The maximum Gasteiger partial charge on any atom is 0.188 e. The Morgan fingerprint density at radius 2 is 1.90 bits per heavy atom.